The van der Waals surface area contributed by atoms with Gasteiger partial charge in [0.15, 0.2) is 0 Å². The first-order chi connectivity index (χ1) is 9.29. The zero-order valence-electron chi connectivity index (χ0n) is 11.7. The Morgan fingerprint density at radius 2 is 2.21 bits per heavy atom. The van der Waals surface area contributed by atoms with Crippen LogP contribution in [0.3, 0.4) is 0 Å². The molecule has 1 aliphatic rings. The number of nitrogens with one attached hydrogen (secondary N) is 1. The van der Waals surface area contributed by atoms with Crippen molar-refractivity contribution in [3.8, 4) is 0 Å². The Morgan fingerprint density at radius 1 is 1.42 bits per heavy atom. The maximum absolute atomic E-state index is 5.10. The van der Waals surface area contributed by atoms with E-state index in [0.29, 0.717) is 0 Å². The Kier molecular flexibility index (Phi) is 6.85. The summed E-state index contributed by atoms with van der Waals surface area (Å²) in [5.74, 6) is 1.70. The fourth-order valence-electron chi connectivity index (χ4n) is 3.02. The summed E-state index contributed by atoms with van der Waals surface area (Å²) in [5.41, 5.74) is 0. The van der Waals surface area contributed by atoms with Crippen LogP contribution < -0.4 is 5.32 Å². The zero-order chi connectivity index (χ0) is 13.5. The zero-order valence-corrected chi connectivity index (χ0v) is 14.1. The van der Waals surface area contributed by atoms with E-state index in [0.717, 1.165) is 31.5 Å². The lowest BCUT2D eigenvalue weighted by atomic mass is 9.87. The highest BCUT2D eigenvalue weighted by atomic mass is 79.9. The number of thiophene rings is 1. The molecule has 4 heteroatoms. The minimum absolute atomic E-state index is 0.782. The molecule has 1 aliphatic carbocycles. The van der Waals surface area contributed by atoms with Crippen LogP contribution in [0.4, 0.5) is 0 Å². The third-order valence-electron chi connectivity index (χ3n) is 4.05. The minimum Gasteiger partial charge on any atom is -0.383 e. The van der Waals surface area contributed by atoms with E-state index in [1.54, 1.807) is 7.11 Å². The lowest BCUT2D eigenvalue weighted by Crippen LogP contribution is -2.30. The monoisotopic (exact) mass is 345 g/mol. The highest BCUT2D eigenvalue weighted by molar-refractivity contribution is 9.11. The lowest BCUT2D eigenvalue weighted by Gasteiger charge is -2.23. The molecule has 0 amide bonds. The average Bonchev–Trinajstić information content (AvgIpc) is 3.04. The molecular formula is C15H24BrNOS. The van der Waals surface area contributed by atoms with Crippen molar-refractivity contribution in [2.45, 2.75) is 32.1 Å². The third kappa shape index (κ3) is 5.18. The molecule has 1 saturated carbocycles. The molecular weight excluding hydrogens is 322 g/mol. The van der Waals surface area contributed by atoms with Gasteiger partial charge in [0.25, 0.3) is 0 Å². The summed E-state index contributed by atoms with van der Waals surface area (Å²) in [6.45, 7) is 2.90. The van der Waals surface area contributed by atoms with Crippen LogP contribution >= 0.6 is 27.3 Å². The van der Waals surface area contributed by atoms with Crippen molar-refractivity contribution in [2.75, 3.05) is 26.8 Å². The Morgan fingerprint density at radius 3 is 2.84 bits per heavy atom. The van der Waals surface area contributed by atoms with E-state index in [-0.39, 0.29) is 0 Å². The number of hydrogen-bond acceptors (Lipinski definition) is 3. The number of halogens is 1. The molecule has 108 valence electrons. The van der Waals surface area contributed by atoms with Gasteiger partial charge >= 0.3 is 0 Å². The molecule has 1 atom stereocenters. The summed E-state index contributed by atoms with van der Waals surface area (Å²) in [5, 5.41) is 3.56. The van der Waals surface area contributed by atoms with Gasteiger partial charge in [0.2, 0.25) is 0 Å². The maximum Gasteiger partial charge on any atom is 0.0701 e. The first kappa shape index (κ1) is 15.5. The number of hydrogen-bond donors (Lipinski definition) is 1. The molecule has 0 radical (unpaired) electrons. The predicted molar refractivity (Wildman–Crippen MR) is 85.9 cm³/mol. The number of rotatable bonds is 8. The number of methoxy groups -OCH3 is 1. The van der Waals surface area contributed by atoms with E-state index in [1.165, 1.54) is 40.8 Å². The van der Waals surface area contributed by atoms with Gasteiger partial charge in [-0.15, -0.1) is 11.3 Å². The first-order valence-electron chi connectivity index (χ1n) is 7.23. The van der Waals surface area contributed by atoms with E-state index in [9.17, 15) is 0 Å². The Hall–Kier alpha value is 0.1000. The summed E-state index contributed by atoms with van der Waals surface area (Å²) in [6.07, 6.45) is 6.91. The smallest absolute Gasteiger partial charge is 0.0701 e. The molecule has 0 bridgehead atoms. The van der Waals surface area contributed by atoms with Crippen molar-refractivity contribution in [1.82, 2.24) is 5.32 Å². The molecule has 0 saturated heterocycles. The molecule has 2 rings (SSSR count). The van der Waals surface area contributed by atoms with Gasteiger partial charge in [-0.25, -0.2) is 0 Å². The van der Waals surface area contributed by atoms with Crippen LogP contribution in [-0.4, -0.2) is 26.8 Å². The highest BCUT2D eigenvalue weighted by Crippen LogP contribution is 2.34. The number of ether oxygens (including phenoxy) is 1. The summed E-state index contributed by atoms with van der Waals surface area (Å²) in [7, 11) is 1.76. The molecule has 19 heavy (non-hydrogen) atoms. The average molecular weight is 346 g/mol. The molecule has 1 N–H and O–H groups in total. The van der Waals surface area contributed by atoms with Gasteiger partial charge in [-0.05, 0) is 52.9 Å². The van der Waals surface area contributed by atoms with E-state index in [1.807, 2.05) is 11.3 Å². The SMILES string of the molecule is COCCNCC(Cc1ccc(Br)s1)C1CCCC1. The fraction of sp³-hybridized carbons (Fsp3) is 0.733. The van der Waals surface area contributed by atoms with Crippen LogP contribution in [0.2, 0.25) is 0 Å². The molecule has 0 aliphatic heterocycles. The second kappa shape index (κ2) is 8.40. The first-order valence-corrected chi connectivity index (χ1v) is 8.84. The van der Waals surface area contributed by atoms with E-state index in [4.69, 9.17) is 4.74 Å². The minimum atomic E-state index is 0.782. The van der Waals surface area contributed by atoms with E-state index >= 15 is 0 Å². The van der Waals surface area contributed by atoms with Crippen molar-refractivity contribution >= 4 is 27.3 Å². The van der Waals surface area contributed by atoms with Crippen LogP contribution in [0, 0.1) is 11.8 Å². The third-order valence-corrected chi connectivity index (χ3v) is 5.69. The van der Waals surface area contributed by atoms with Crippen molar-refractivity contribution in [3.63, 3.8) is 0 Å². The Bertz CT molecular complexity index is 363. The van der Waals surface area contributed by atoms with Gasteiger partial charge in [0, 0.05) is 18.5 Å². The summed E-state index contributed by atoms with van der Waals surface area (Å²) >= 11 is 5.45. The largest absolute Gasteiger partial charge is 0.383 e. The normalized spacial score (nSPS) is 18.0. The van der Waals surface area contributed by atoms with E-state index < -0.39 is 0 Å². The Labute approximate surface area is 129 Å². The Balaban J connectivity index is 1.85. The second-order valence-corrected chi connectivity index (χ2v) is 7.96. The van der Waals surface area contributed by atoms with Gasteiger partial charge in [-0.1, -0.05) is 25.7 Å². The lowest BCUT2D eigenvalue weighted by molar-refractivity contribution is 0.195. The van der Waals surface area contributed by atoms with Gasteiger partial charge in [0.05, 0.1) is 10.4 Å². The molecule has 1 unspecified atom stereocenters. The summed E-state index contributed by atoms with van der Waals surface area (Å²) in [6, 6.07) is 4.44. The molecule has 1 aromatic rings. The standard InChI is InChI=1S/C15H24BrNOS/c1-18-9-8-17-11-13(12-4-2-3-5-12)10-14-6-7-15(16)19-14/h6-7,12-13,17H,2-5,8-11H2,1H3. The van der Waals surface area contributed by atoms with Crippen LogP contribution in [0.15, 0.2) is 15.9 Å². The topological polar surface area (TPSA) is 21.3 Å². The van der Waals surface area contributed by atoms with Crippen molar-refractivity contribution in [1.29, 1.82) is 0 Å². The summed E-state index contributed by atoms with van der Waals surface area (Å²) < 4.78 is 6.35. The molecule has 0 spiro atoms. The summed E-state index contributed by atoms with van der Waals surface area (Å²) in [4.78, 5) is 1.51. The van der Waals surface area contributed by atoms with Gasteiger partial charge < -0.3 is 10.1 Å². The highest BCUT2D eigenvalue weighted by Gasteiger charge is 2.25. The molecule has 1 heterocycles. The van der Waals surface area contributed by atoms with Crippen molar-refractivity contribution in [2.24, 2.45) is 11.8 Å². The van der Waals surface area contributed by atoms with Crippen LogP contribution in [0.25, 0.3) is 0 Å². The van der Waals surface area contributed by atoms with E-state index in [2.05, 4.69) is 33.4 Å². The predicted octanol–water partition coefficient (Wildman–Crippen LogP) is 4.10. The van der Waals surface area contributed by atoms with Crippen LogP contribution in [0.1, 0.15) is 30.6 Å². The molecule has 1 fully saturated rings. The molecule has 1 aromatic heterocycles. The van der Waals surface area contributed by atoms with Gasteiger partial charge in [0.1, 0.15) is 0 Å². The van der Waals surface area contributed by atoms with Crippen LogP contribution in [-0.2, 0) is 11.2 Å². The van der Waals surface area contributed by atoms with Gasteiger partial charge in [-0.2, -0.15) is 0 Å². The quantitative estimate of drug-likeness (QED) is 0.716. The maximum atomic E-state index is 5.10. The van der Waals surface area contributed by atoms with Crippen LogP contribution in [0.5, 0.6) is 0 Å². The second-order valence-electron chi connectivity index (χ2n) is 5.41. The van der Waals surface area contributed by atoms with Crippen molar-refractivity contribution < 1.29 is 4.74 Å². The fourth-order valence-corrected chi connectivity index (χ4v) is 4.59. The van der Waals surface area contributed by atoms with Gasteiger partial charge in [-0.3, -0.25) is 0 Å². The molecule has 2 nitrogen and oxygen atoms in total. The molecule has 0 aromatic carbocycles. The van der Waals surface area contributed by atoms with Crippen molar-refractivity contribution in [3.05, 3.63) is 20.8 Å².